The van der Waals surface area contributed by atoms with Crippen LogP contribution in [0.15, 0.2) is 23.0 Å². The first kappa shape index (κ1) is 26.1. The highest BCUT2D eigenvalue weighted by atomic mass is 16.5. The molecule has 2 rings (SSSR count). The van der Waals surface area contributed by atoms with Gasteiger partial charge >= 0.3 is 5.97 Å². The third kappa shape index (κ3) is 6.91. The molecule has 0 spiro atoms. The van der Waals surface area contributed by atoms with E-state index >= 15 is 0 Å². The van der Waals surface area contributed by atoms with Gasteiger partial charge in [-0.15, -0.1) is 0 Å². The predicted molar refractivity (Wildman–Crippen MR) is 128 cm³/mol. The van der Waals surface area contributed by atoms with Crippen molar-refractivity contribution in [1.82, 2.24) is 15.3 Å². The maximum absolute atomic E-state index is 12.9. The second kappa shape index (κ2) is 12.8. The fourth-order valence-electron chi connectivity index (χ4n) is 3.42. The van der Waals surface area contributed by atoms with Crippen LogP contribution in [0.1, 0.15) is 75.5 Å². The summed E-state index contributed by atoms with van der Waals surface area (Å²) in [6.45, 7) is 10.1. The van der Waals surface area contributed by atoms with E-state index in [-0.39, 0.29) is 12.2 Å². The van der Waals surface area contributed by atoms with E-state index in [9.17, 15) is 14.4 Å². The number of ether oxygens (including phenoxy) is 2. The minimum atomic E-state index is -0.792. The van der Waals surface area contributed by atoms with E-state index in [0.29, 0.717) is 47.7 Å². The van der Waals surface area contributed by atoms with Crippen LogP contribution in [0, 0.1) is 0 Å². The number of aryl methyl sites for hydroxylation is 1. The number of aromatic nitrogens is 2. The fourth-order valence-corrected chi connectivity index (χ4v) is 3.42. The number of nitrogens with one attached hydrogen (secondary N) is 2. The monoisotopic (exact) mass is 457 g/mol. The van der Waals surface area contributed by atoms with Gasteiger partial charge in [-0.05, 0) is 51.3 Å². The molecule has 1 heterocycles. The number of esters is 1. The van der Waals surface area contributed by atoms with Crippen molar-refractivity contribution in [3.63, 3.8) is 0 Å². The molecule has 1 unspecified atom stereocenters. The topological polar surface area (TPSA) is 110 Å². The lowest BCUT2D eigenvalue weighted by Gasteiger charge is -2.16. The van der Waals surface area contributed by atoms with Crippen molar-refractivity contribution < 1.29 is 19.1 Å². The van der Waals surface area contributed by atoms with Crippen molar-refractivity contribution in [2.75, 3.05) is 13.2 Å². The Kier molecular flexibility index (Phi) is 10.1. The minimum Gasteiger partial charge on any atom is -0.493 e. The van der Waals surface area contributed by atoms with Gasteiger partial charge in [-0.2, -0.15) is 0 Å². The molecule has 2 aromatic rings. The van der Waals surface area contributed by atoms with Crippen molar-refractivity contribution >= 4 is 11.9 Å². The fraction of sp³-hybridized carbons (Fsp3) is 0.520. The molecule has 2 N–H and O–H groups in total. The molecular weight excluding hydrogens is 422 g/mol. The summed E-state index contributed by atoms with van der Waals surface area (Å²) in [6, 6.07) is 4.15. The Balaban J connectivity index is 2.50. The molecular formula is C25H35N3O5. The Bertz CT molecular complexity index is 1020. The van der Waals surface area contributed by atoms with Crippen molar-refractivity contribution in [3.05, 3.63) is 45.4 Å². The normalized spacial score (nSPS) is 11.7. The van der Waals surface area contributed by atoms with Gasteiger partial charge in [0.2, 0.25) is 0 Å². The number of benzene rings is 1. The highest BCUT2D eigenvalue weighted by Crippen LogP contribution is 2.29. The van der Waals surface area contributed by atoms with Crippen LogP contribution >= 0.6 is 0 Å². The van der Waals surface area contributed by atoms with E-state index in [0.717, 1.165) is 25.0 Å². The Morgan fingerprint density at radius 1 is 1.09 bits per heavy atom. The molecule has 0 aliphatic carbocycles. The van der Waals surface area contributed by atoms with Gasteiger partial charge in [0.05, 0.1) is 24.5 Å². The van der Waals surface area contributed by atoms with Gasteiger partial charge in [0.1, 0.15) is 17.6 Å². The number of carbonyl (C=O) groups is 2. The smallest absolute Gasteiger partial charge is 0.328 e. The van der Waals surface area contributed by atoms with Crippen LogP contribution in [0.3, 0.4) is 0 Å². The number of rotatable bonds is 12. The second-order valence-corrected chi connectivity index (χ2v) is 7.85. The number of aromatic amines is 1. The Hall–Kier alpha value is -3.16. The maximum Gasteiger partial charge on any atom is 0.328 e. The van der Waals surface area contributed by atoms with Crippen molar-refractivity contribution in [2.24, 2.45) is 0 Å². The lowest BCUT2D eigenvalue weighted by molar-refractivity contribution is -0.144. The molecule has 1 aromatic heterocycles. The summed E-state index contributed by atoms with van der Waals surface area (Å²) >= 11 is 0. The van der Waals surface area contributed by atoms with E-state index < -0.39 is 17.9 Å². The lowest BCUT2D eigenvalue weighted by atomic mass is 10.0. The van der Waals surface area contributed by atoms with E-state index in [1.54, 1.807) is 32.0 Å². The van der Waals surface area contributed by atoms with Crippen molar-refractivity contribution in [3.8, 4) is 17.1 Å². The molecule has 0 aliphatic heterocycles. The Morgan fingerprint density at radius 2 is 1.82 bits per heavy atom. The molecule has 1 atom stereocenters. The largest absolute Gasteiger partial charge is 0.493 e. The van der Waals surface area contributed by atoms with Crippen LogP contribution in [-0.2, 0) is 22.4 Å². The summed E-state index contributed by atoms with van der Waals surface area (Å²) in [6.07, 6.45) is 3.86. The van der Waals surface area contributed by atoms with Crippen LogP contribution in [0.25, 0.3) is 11.4 Å². The van der Waals surface area contributed by atoms with Crippen LogP contribution in [0.2, 0.25) is 0 Å². The molecule has 0 fully saturated rings. The number of nitrogens with zero attached hydrogens (tertiary/aromatic N) is 1. The molecule has 0 saturated heterocycles. The SMILES string of the molecule is CCCOc1ccc(C(=O)NC(C)C(=O)OCC)cc1-c1nc(CCC)c(CCC)c(=O)[nH]1. The Labute approximate surface area is 195 Å². The van der Waals surface area contributed by atoms with Gasteiger partial charge in [-0.1, -0.05) is 33.6 Å². The highest BCUT2D eigenvalue weighted by Gasteiger charge is 2.20. The maximum atomic E-state index is 12.9. The molecule has 8 heteroatoms. The number of carbonyl (C=O) groups excluding carboxylic acids is 2. The standard InChI is InChI=1S/C25H35N3O5/c1-6-10-18-20(11-7-2)27-22(28-24(18)30)19-15-17(12-13-21(19)33-14-8-3)23(29)26-16(5)25(31)32-9-4/h12-13,15-16H,6-11,14H2,1-5H3,(H,26,29)(H,27,28,30). The molecule has 1 amide bonds. The van der Waals surface area contributed by atoms with E-state index in [4.69, 9.17) is 14.5 Å². The zero-order valence-corrected chi connectivity index (χ0v) is 20.2. The highest BCUT2D eigenvalue weighted by molar-refractivity contribution is 5.98. The quantitative estimate of drug-likeness (QED) is 0.469. The molecule has 1 aromatic carbocycles. The summed E-state index contributed by atoms with van der Waals surface area (Å²) in [7, 11) is 0. The van der Waals surface area contributed by atoms with Gasteiger partial charge in [-0.3, -0.25) is 9.59 Å². The van der Waals surface area contributed by atoms with Gasteiger partial charge < -0.3 is 19.8 Å². The summed E-state index contributed by atoms with van der Waals surface area (Å²) in [4.78, 5) is 45.2. The first-order valence-corrected chi connectivity index (χ1v) is 11.7. The van der Waals surface area contributed by atoms with Crippen LogP contribution in [0.5, 0.6) is 5.75 Å². The predicted octanol–water partition coefficient (Wildman–Crippen LogP) is 3.81. The molecule has 33 heavy (non-hydrogen) atoms. The molecule has 8 nitrogen and oxygen atoms in total. The average Bonchev–Trinajstić information content (AvgIpc) is 2.79. The number of hydrogen-bond donors (Lipinski definition) is 2. The molecule has 180 valence electrons. The molecule has 0 saturated carbocycles. The first-order chi connectivity index (χ1) is 15.9. The summed E-state index contributed by atoms with van der Waals surface area (Å²) in [5, 5.41) is 2.64. The van der Waals surface area contributed by atoms with Crippen LogP contribution < -0.4 is 15.6 Å². The summed E-state index contributed by atoms with van der Waals surface area (Å²) in [5.74, 6) is -0.0450. The lowest BCUT2D eigenvalue weighted by Crippen LogP contribution is -2.39. The Morgan fingerprint density at radius 3 is 2.45 bits per heavy atom. The zero-order chi connectivity index (χ0) is 24.4. The van der Waals surface area contributed by atoms with Gasteiger partial charge in [-0.25, -0.2) is 9.78 Å². The third-order valence-corrected chi connectivity index (χ3v) is 5.03. The molecule has 0 aliphatic rings. The molecule has 0 bridgehead atoms. The minimum absolute atomic E-state index is 0.169. The van der Waals surface area contributed by atoms with Crippen LogP contribution in [0.4, 0.5) is 0 Å². The van der Waals surface area contributed by atoms with Crippen molar-refractivity contribution in [1.29, 1.82) is 0 Å². The van der Waals surface area contributed by atoms with Crippen LogP contribution in [-0.4, -0.2) is 41.1 Å². The molecule has 0 radical (unpaired) electrons. The summed E-state index contributed by atoms with van der Waals surface area (Å²) < 4.78 is 10.8. The van der Waals surface area contributed by atoms with E-state index in [2.05, 4.69) is 10.3 Å². The van der Waals surface area contributed by atoms with E-state index in [1.807, 2.05) is 20.8 Å². The van der Waals surface area contributed by atoms with Gasteiger partial charge in [0.15, 0.2) is 0 Å². The third-order valence-electron chi connectivity index (χ3n) is 5.03. The van der Waals surface area contributed by atoms with Crippen molar-refractivity contribution in [2.45, 2.75) is 72.8 Å². The first-order valence-electron chi connectivity index (χ1n) is 11.7. The van der Waals surface area contributed by atoms with E-state index in [1.165, 1.54) is 0 Å². The van der Waals surface area contributed by atoms with Gasteiger partial charge in [0, 0.05) is 11.1 Å². The second-order valence-electron chi connectivity index (χ2n) is 7.85. The summed E-state index contributed by atoms with van der Waals surface area (Å²) in [5.41, 5.74) is 2.15. The average molecular weight is 458 g/mol. The van der Waals surface area contributed by atoms with Gasteiger partial charge in [0.25, 0.3) is 11.5 Å². The number of H-pyrrole nitrogens is 1. The zero-order valence-electron chi connectivity index (χ0n) is 20.2. The number of hydrogen-bond acceptors (Lipinski definition) is 6. The number of amides is 1.